The van der Waals surface area contributed by atoms with Crippen molar-refractivity contribution in [2.75, 3.05) is 0 Å². The smallest absolute Gasteiger partial charge is 0.124 e. The summed E-state index contributed by atoms with van der Waals surface area (Å²) in [5.41, 5.74) is 4.86. The minimum absolute atomic E-state index is 0.950. The Hall–Kier alpha value is -1.04. The van der Waals surface area contributed by atoms with Gasteiger partial charge in [-0.05, 0) is 12.1 Å². The summed E-state index contributed by atoms with van der Waals surface area (Å²) >= 11 is 6.70. The van der Waals surface area contributed by atoms with Crippen LogP contribution in [0.15, 0.2) is 45.0 Å². The van der Waals surface area contributed by atoms with Crippen molar-refractivity contribution in [3.05, 3.63) is 45.0 Å². The molecule has 0 saturated heterocycles. The lowest BCUT2D eigenvalue weighted by Gasteiger charge is -1.96. The van der Waals surface area contributed by atoms with Gasteiger partial charge in [0.05, 0.1) is 5.51 Å². The molecule has 17 heavy (non-hydrogen) atoms. The summed E-state index contributed by atoms with van der Waals surface area (Å²) < 4.78 is 1.07. The molecule has 2 nitrogen and oxygen atoms in total. The van der Waals surface area contributed by atoms with Gasteiger partial charge in [-0.25, -0.2) is 9.97 Å². The number of halogens is 1. The zero-order valence-corrected chi connectivity index (χ0v) is 11.8. The third kappa shape index (κ3) is 2.31. The lowest BCUT2D eigenvalue weighted by molar-refractivity contribution is 1.33. The minimum Gasteiger partial charge on any atom is -0.243 e. The summed E-state index contributed by atoms with van der Waals surface area (Å²) in [4.78, 5) is 8.87. The van der Waals surface area contributed by atoms with E-state index in [9.17, 15) is 0 Å². The Labute approximate surface area is 115 Å². The van der Waals surface area contributed by atoms with Crippen LogP contribution in [0, 0.1) is 0 Å². The van der Waals surface area contributed by atoms with Crippen LogP contribution in [-0.2, 0) is 0 Å². The monoisotopic (exact) mass is 322 g/mol. The summed E-state index contributed by atoms with van der Waals surface area (Å²) in [5.74, 6) is 0. The molecule has 1 aromatic carbocycles. The Morgan fingerprint density at radius 1 is 1.12 bits per heavy atom. The van der Waals surface area contributed by atoms with Crippen LogP contribution in [0.25, 0.3) is 22.0 Å². The molecule has 84 valence electrons. The molecule has 0 aliphatic carbocycles. The van der Waals surface area contributed by atoms with Crippen LogP contribution in [0.3, 0.4) is 0 Å². The number of hydrogen-bond acceptors (Lipinski definition) is 4. The molecule has 0 saturated carbocycles. The molecule has 3 aromatic rings. The molecule has 0 aliphatic heterocycles. The van der Waals surface area contributed by atoms with Crippen LogP contribution in [0.1, 0.15) is 0 Å². The summed E-state index contributed by atoms with van der Waals surface area (Å²) in [6.07, 6.45) is 0. The average Bonchev–Trinajstić information content (AvgIpc) is 3.00. The van der Waals surface area contributed by atoms with E-state index in [1.165, 1.54) is 0 Å². The molecule has 0 unspecified atom stereocenters. The van der Waals surface area contributed by atoms with Gasteiger partial charge in [-0.1, -0.05) is 28.1 Å². The average molecular weight is 323 g/mol. The zero-order valence-electron chi connectivity index (χ0n) is 8.63. The van der Waals surface area contributed by atoms with Crippen molar-refractivity contribution in [2.45, 2.75) is 0 Å². The largest absolute Gasteiger partial charge is 0.243 e. The highest BCUT2D eigenvalue weighted by molar-refractivity contribution is 9.10. The molecule has 0 radical (unpaired) electrons. The van der Waals surface area contributed by atoms with Gasteiger partial charge >= 0.3 is 0 Å². The van der Waals surface area contributed by atoms with Gasteiger partial charge in [0.25, 0.3) is 0 Å². The number of aromatic nitrogens is 2. The Kier molecular flexibility index (Phi) is 3.05. The zero-order chi connectivity index (χ0) is 11.7. The fraction of sp³-hybridized carbons (Fsp3) is 0. The molecular formula is C12H7BrN2S2. The first-order valence-electron chi connectivity index (χ1n) is 4.93. The predicted molar refractivity (Wildman–Crippen MR) is 76.4 cm³/mol. The van der Waals surface area contributed by atoms with E-state index in [0.717, 1.165) is 26.4 Å². The Balaban J connectivity index is 2.01. The van der Waals surface area contributed by atoms with E-state index in [2.05, 4.69) is 38.0 Å². The predicted octanol–water partition coefficient (Wildman–Crippen LogP) is 4.70. The van der Waals surface area contributed by atoms with Crippen LogP contribution in [-0.4, -0.2) is 9.97 Å². The maximum atomic E-state index is 4.61. The summed E-state index contributed by atoms with van der Waals surface area (Å²) in [5, 5.41) is 5.08. The SMILES string of the molecule is Brc1cccc(-c2nc(-c3cscn3)cs2)c1. The Morgan fingerprint density at radius 2 is 2.06 bits per heavy atom. The fourth-order valence-corrected chi connectivity index (χ4v) is 3.24. The molecule has 5 heteroatoms. The van der Waals surface area contributed by atoms with Crippen molar-refractivity contribution in [1.82, 2.24) is 9.97 Å². The highest BCUT2D eigenvalue weighted by Gasteiger charge is 2.07. The molecule has 3 rings (SSSR count). The number of thiazole rings is 2. The number of rotatable bonds is 2. The second-order valence-corrected chi connectivity index (χ2v) is 5.91. The molecule has 0 bridgehead atoms. The first-order chi connectivity index (χ1) is 8.33. The summed E-state index contributed by atoms with van der Waals surface area (Å²) in [6.45, 7) is 0. The van der Waals surface area contributed by atoms with E-state index in [1.54, 1.807) is 22.7 Å². The Morgan fingerprint density at radius 3 is 2.82 bits per heavy atom. The van der Waals surface area contributed by atoms with Crippen LogP contribution in [0.4, 0.5) is 0 Å². The van der Waals surface area contributed by atoms with Crippen LogP contribution in [0.2, 0.25) is 0 Å². The van der Waals surface area contributed by atoms with Gasteiger partial charge < -0.3 is 0 Å². The molecule has 0 fully saturated rings. The van der Waals surface area contributed by atoms with Crippen LogP contribution >= 0.6 is 38.6 Å². The first-order valence-corrected chi connectivity index (χ1v) is 7.54. The minimum atomic E-state index is 0.950. The van der Waals surface area contributed by atoms with Crippen molar-refractivity contribution in [3.63, 3.8) is 0 Å². The van der Waals surface area contributed by atoms with E-state index in [1.807, 2.05) is 28.4 Å². The van der Waals surface area contributed by atoms with E-state index >= 15 is 0 Å². The number of benzene rings is 1. The van der Waals surface area contributed by atoms with Crippen LogP contribution < -0.4 is 0 Å². The lowest BCUT2D eigenvalue weighted by Crippen LogP contribution is -1.79. The fourth-order valence-electron chi connectivity index (χ4n) is 1.48. The topological polar surface area (TPSA) is 25.8 Å². The molecular weight excluding hydrogens is 316 g/mol. The normalized spacial score (nSPS) is 10.6. The first kappa shape index (κ1) is 11.1. The highest BCUT2D eigenvalue weighted by atomic mass is 79.9. The third-order valence-corrected chi connectivity index (χ3v) is 4.24. The van der Waals surface area contributed by atoms with E-state index in [-0.39, 0.29) is 0 Å². The van der Waals surface area contributed by atoms with Crippen molar-refractivity contribution in [1.29, 1.82) is 0 Å². The Bertz CT molecular complexity index is 632. The third-order valence-electron chi connectivity index (χ3n) is 2.27. The maximum Gasteiger partial charge on any atom is 0.124 e. The van der Waals surface area contributed by atoms with E-state index < -0.39 is 0 Å². The van der Waals surface area contributed by atoms with Gasteiger partial charge in [-0.15, -0.1) is 22.7 Å². The second kappa shape index (κ2) is 4.68. The highest BCUT2D eigenvalue weighted by Crippen LogP contribution is 2.29. The maximum absolute atomic E-state index is 4.61. The molecule has 0 N–H and O–H groups in total. The van der Waals surface area contributed by atoms with Crippen molar-refractivity contribution in [3.8, 4) is 22.0 Å². The van der Waals surface area contributed by atoms with Gasteiger partial charge in [0.1, 0.15) is 16.4 Å². The second-order valence-electron chi connectivity index (χ2n) is 3.42. The van der Waals surface area contributed by atoms with Crippen molar-refractivity contribution in [2.24, 2.45) is 0 Å². The van der Waals surface area contributed by atoms with Crippen molar-refractivity contribution < 1.29 is 0 Å². The standard InChI is InChI=1S/C12H7BrN2S2/c13-9-3-1-2-8(4-9)12-15-11(6-17-12)10-5-16-7-14-10/h1-7H. The van der Waals surface area contributed by atoms with Crippen LogP contribution in [0.5, 0.6) is 0 Å². The molecule has 0 atom stereocenters. The van der Waals surface area contributed by atoms with Gasteiger partial charge in [-0.2, -0.15) is 0 Å². The van der Waals surface area contributed by atoms with E-state index in [0.29, 0.717) is 0 Å². The molecule has 2 aromatic heterocycles. The van der Waals surface area contributed by atoms with Crippen molar-refractivity contribution >= 4 is 38.6 Å². The number of hydrogen-bond donors (Lipinski definition) is 0. The van der Waals surface area contributed by atoms with Gasteiger partial charge in [0.2, 0.25) is 0 Å². The van der Waals surface area contributed by atoms with Gasteiger partial charge in [0, 0.05) is 20.8 Å². The molecule has 0 spiro atoms. The molecule has 2 heterocycles. The number of nitrogens with zero attached hydrogens (tertiary/aromatic N) is 2. The molecule has 0 aliphatic rings. The van der Waals surface area contributed by atoms with Gasteiger partial charge in [0.15, 0.2) is 0 Å². The summed E-state index contributed by atoms with van der Waals surface area (Å²) in [6, 6.07) is 8.17. The quantitative estimate of drug-likeness (QED) is 0.683. The summed E-state index contributed by atoms with van der Waals surface area (Å²) in [7, 11) is 0. The molecule has 0 amide bonds. The van der Waals surface area contributed by atoms with E-state index in [4.69, 9.17) is 0 Å². The lowest BCUT2D eigenvalue weighted by atomic mass is 10.2. The van der Waals surface area contributed by atoms with Gasteiger partial charge in [-0.3, -0.25) is 0 Å².